The average molecular weight is 984 g/mol. The molecule has 5 rings (SSSR count). The number of hydrogen-bond acceptors (Lipinski definition) is 9. The molecule has 1 aromatic heterocycles. The Labute approximate surface area is 382 Å². The molecule has 0 saturated heterocycles. The van der Waals surface area contributed by atoms with Gasteiger partial charge in [-0.2, -0.15) is 8.78 Å². The molecule has 0 bridgehead atoms. The van der Waals surface area contributed by atoms with Crippen molar-refractivity contribution in [1.82, 2.24) is 20.0 Å². The lowest BCUT2D eigenvalue weighted by atomic mass is 9.82. The van der Waals surface area contributed by atoms with Gasteiger partial charge in [0, 0.05) is 58.2 Å². The summed E-state index contributed by atoms with van der Waals surface area (Å²) < 4.78 is 162. The standard InChI is InChI=1S/C43H48ClF10N7O2S2/c1-22(40(49)50)36-39(43(53,54)15-14-42(36,51)52)61(56)21-34(62)58-32(18-24-16-25(45)19-26(46)17-24)37-29(9-6-27(57-37)12-13-41(3,4)65(63)28-7-8-28)30-10-11-31(44)35(23(2)59-64-5)38(30)60(55)20-33(47)48/h6,9-11,16-17,19,22-23,28,32-33,40,59H,7-8,14-15,18,20-21,55-56H2,1-5H3,(H,58,62)/t22?,23?,32-,65?/m0/s1. The van der Waals surface area contributed by atoms with Gasteiger partial charge >= 0.3 is 0 Å². The zero-order chi connectivity index (χ0) is 48.3. The van der Waals surface area contributed by atoms with E-state index in [1.165, 1.54) is 36.2 Å². The molecule has 2 aliphatic carbocycles. The maximum atomic E-state index is 15.5. The van der Waals surface area contributed by atoms with Crippen molar-refractivity contribution in [3.63, 3.8) is 0 Å². The van der Waals surface area contributed by atoms with E-state index >= 15 is 17.6 Å². The topological polar surface area (TPSA) is 136 Å². The van der Waals surface area contributed by atoms with Crippen LogP contribution in [0.1, 0.15) is 88.0 Å². The maximum absolute atomic E-state index is 15.5. The second-order valence-electron chi connectivity index (χ2n) is 16.4. The third kappa shape index (κ3) is 12.6. The lowest BCUT2D eigenvalue weighted by Gasteiger charge is -2.39. The number of anilines is 1. The van der Waals surface area contributed by atoms with E-state index < -0.39 is 120 Å². The van der Waals surface area contributed by atoms with Crippen LogP contribution >= 0.6 is 23.5 Å². The summed E-state index contributed by atoms with van der Waals surface area (Å²) in [5.74, 6) is 4.08. The Bertz CT molecular complexity index is 2290. The number of carbonyl (C=O) groups is 1. The number of hydrogen-bond donors (Lipinski definition) is 4. The van der Waals surface area contributed by atoms with Crippen LogP contribution in [0.5, 0.6) is 0 Å². The first-order valence-corrected chi connectivity index (χ1v) is 23.0. The first-order chi connectivity index (χ1) is 30.3. The third-order valence-corrected chi connectivity index (χ3v) is 13.9. The van der Waals surface area contributed by atoms with Crippen molar-refractivity contribution in [3.8, 4) is 23.0 Å². The predicted octanol–water partition coefficient (Wildman–Crippen LogP) is 9.39. The predicted molar refractivity (Wildman–Crippen MR) is 233 cm³/mol. The fraction of sp³-hybridized carbons (Fsp3) is 0.488. The number of aromatic nitrogens is 1. The Kier molecular flexibility index (Phi) is 16.8. The van der Waals surface area contributed by atoms with Crippen molar-refractivity contribution in [2.45, 2.75) is 107 Å². The van der Waals surface area contributed by atoms with Crippen LogP contribution in [0.2, 0.25) is 5.02 Å². The van der Waals surface area contributed by atoms with Crippen LogP contribution in [0.4, 0.5) is 49.6 Å². The number of rotatable bonds is 18. The van der Waals surface area contributed by atoms with E-state index in [-0.39, 0.29) is 54.6 Å². The number of halogens is 11. The van der Waals surface area contributed by atoms with Gasteiger partial charge in [0.25, 0.3) is 18.3 Å². The molecule has 1 heterocycles. The molecule has 3 unspecified atom stereocenters. The highest BCUT2D eigenvalue weighted by Gasteiger charge is 2.55. The SMILES string of the molecule is CSNC(C)c1c(Cl)ccc(-c2ccc(C#CC(C)(C)[S+]([O-])C3CC3)nc2[C@H](Cc2cc(F)cc(F)c2)NC(=O)CN(N)C2=C(C(C)C(F)F)C(F)(F)CCC2(F)F)c1N(N)CC(F)F. The third-order valence-electron chi connectivity index (χ3n) is 10.8. The van der Waals surface area contributed by atoms with E-state index in [9.17, 15) is 35.7 Å². The summed E-state index contributed by atoms with van der Waals surface area (Å²) in [5.41, 5.74) is -3.18. The number of nitrogens with two attached hydrogens (primary N) is 2. The molecule has 65 heavy (non-hydrogen) atoms. The molecule has 356 valence electrons. The number of carbonyl (C=O) groups excluding carboxylic acids is 1. The molecule has 9 nitrogen and oxygen atoms in total. The first kappa shape index (κ1) is 52.1. The van der Waals surface area contributed by atoms with Crippen molar-refractivity contribution >= 4 is 46.3 Å². The van der Waals surface area contributed by atoms with E-state index in [1.54, 1.807) is 27.0 Å². The Morgan fingerprint density at radius 3 is 2.20 bits per heavy atom. The summed E-state index contributed by atoms with van der Waals surface area (Å²) in [6.45, 7) is 3.31. The Morgan fingerprint density at radius 2 is 1.62 bits per heavy atom. The zero-order valence-electron chi connectivity index (χ0n) is 35.7. The lowest BCUT2D eigenvalue weighted by Crippen LogP contribution is -2.51. The second-order valence-corrected chi connectivity index (χ2v) is 19.7. The van der Waals surface area contributed by atoms with Crippen LogP contribution < -0.4 is 26.7 Å². The highest BCUT2D eigenvalue weighted by atomic mass is 35.5. The minimum absolute atomic E-state index is 0.0000481. The Balaban J connectivity index is 1.75. The molecule has 1 fully saturated rings. The average Bonchev–Trinajstić information content (AvgIpc) is 4.05. The van der Waals surface area contributed by atoms with Crippen LogP contribution in [0.25, 0.3) is 11.1 Å². The lowest BCUT2D eigenvalue weighted by molar-refractivity contribution is -0.124. The van der Waals surface area contributed by atoms with Gasteiger partial charge in [-0.15, -0.1) is 0 Å². The van der Waals surface area contributed by atoms with Crippen LogP contribution in [-0.2, 0) is 22.4 Å². The summed E-state index contributed by atoms with van der Waals surface area (Å²) in [4.78, 5) is 18.8. The molecule has 6 N–H and O–H groups in total. The number of allylic oxidation sites excluding steroid dienone is 2. The highest BCUT2D eigenvalue weighted by molar-refractivity contribution is 7.96. The van der Waals surface area contributed by atoms with Gasteiger partial charge in [-0.05, 0) is 105 Å². The first-order valence-electron chi connectivity index (χ1n) is 20.2. The van der Waals surface area contributed by atoms with Gasteiger partial charge in [0.05, 0.1) is 24.0 Å². The minimum atomic E-state index is -4.18. The summed E-state index contributed by atoms with van der Waals surface area (Å²) in [5, 5.41) is 3.31. The van der Waals surface area contributed by atoms with Crippen LogP contribution in [0.3, 0.4) is 0 Å². The van der Waals surface area contributed by atoms with Gasteiger partial charge in [0.15, 0.2) is 4.75 Å². The van der Waals surface area contributed by atoms with Crippen molar-refractivity contribution in [1.29, 1.82) is 0 Å². The Morgan fingerprint density at radius 1 is 1.00 bits per heavy atom. The molecule has 3 aromatic rings. The Hall–Kier alpha value is -3.91. The van der Waals surface area contributed by atoms with Gasteiger partial charge < -0.3 is 14.9 Å². The maximum Gasteiger partial charge on any atom is 0.289 e. The van der Waals surface area contributed by atoms with E-state index in [2.05, 4.69) is 21.9 Å². The fourth-order valence-electron chi connectivity index (χ4n) is 7.63. The smallest absolute Gasteiger partial charge is 0.289 e. The van der Waals surface area contributed by atoms with Crippen molar-refractivity contribution in [3.05, 3.63) is 92.9 Å². The molecule has 0 spiro atoms. The quantitative estimate of drug-likeness (QED) is 0.0246. The number of amides is 1. The molecule has 1 amide bonds. The molecule has 2 aliphatic rings. The number of nitrogens with zero attached hydrogens (tertiary/aromatic N) is 3. The van der Waals surface area contributed by atoms with Crippen molar-refractivity contribution in [2.75, 3.05) is 24.4 Å². The summed E-state index contributed by atoms with van der Waals surface area (Å²) in [6, 6.07) is 5.99. The molecule has 1 saturated carbocycles. The fourth-order valence-corrected chi connectivity index (χ4v) is 9.97. The van der Waals surface area contributed by atoms with Crippen molar-refractivity contribution < 1.29 is 53.3 Å². The number of nitrogens with one attached hydrogen (secondary N) is 2. The van der Waals surface area contributed by atoms with Gasteiger partial charge in [0.2, 0.25) is 12.3 Å². The molecule has 0 aliphatic heterocycles. The van der Waals surface area contributed by atoms with E-state index in [0.717, 1.165) is 30.0 Å². The molecular weight excluding hydrogens is 936 g/mol. The monoisotopic (exact) mass is 983 g/mol. The molecule has 4 atom stereocenters. The van der Waals surface area contributed by atoms with Crippen molar-refractivity contribution in [2.24, 2.45) is 17.6 Å². The van der Waals surface area contributed by atoms with Crippen LogP contribution in [-0.4, -0.2) is 74.5 Å². The molecule has 22 heteroatoms. The zero-order valence-corrected chi connectivity index (χ0v) is 38.1. The van der Waals surface area contributed by atoms with Gasteiger partial charge in [-0.3, -0.25) is 14.5 Å². The molecular formula is C43H48ClF10N7O2S2. The number of hydrazine groups is 2. The van der Waals surface area contributed by atoms with Gasteiger partial charge in [-0.1, -0.05) is 36.5 Å². The second kappa shape index (κ2) is 20.9. The number of benzene rings is 2. The molecule has 2 aromatic carbocycles. The van der Waals surface area contributed by atoms with Crippen LogP contribution in [0.15, 0.2) is 53.7 Å². The summed E-state index contributed by atoms with van der Waals surface area (Å²) in [7, 11) is 0. The highest BCUT2D eigenvalue weighted by Crippen LogP contribution is 2.50. The normalized spacial score (nSPS) is 17.9. The van der Waals surface area contributed by atoms with E-state index in [1.807, 2.05) is 0 Å². The number of alkyl halides is 8. The van der Waals surface area contributed by atoms with Gasteiger partial charge in [0.1, 0.15) is 34.8 Å². The minimum Gasteiger partial charge on any atom is -0.615 e. The van der Waals surface area contributed by atoms with Gasteiger partial charge in [-0.25, -0.2) is 51.8 Å². The summed E-state index contributed by atoms with van der Waals surface area (Å²) >= 11 is 6.51. The van der Waals surface area contributed by atoms with Crippen LogP contribution in [0, 0.1) is 29.4 Å². The van der Waals surface area contributed by atoms with E-state index in [0.29, 0.717) is 13.0 Å². The summed E-state index contributed by atoms with van der Waals surface area (Å²) in [6.07, 6.45) is -6.74. The number of pyridine rings is 1. The molecule has 0 radical (unpaired) electrons. The van der Waals surface area contributed by atoms with E-state index in [4.69, 9.17) is 28.3 Å². The largest absolute Gasteiger partial charge is 0.615 e.